The minimum Gasteiger partial charge on any atom is -0.477 e. The van der Waals surface area contributed by atoms with E-state index in [-0.39, 0.29) is 5.91 Å². The molecule has 5 nitrogen and oxygen atoms in total. The van der Waals surface area contributed by atoms with Gasteiger partial charge in [0.15, 0.2) is 0 Å². The number of amides is 1. The van der Waals surface area contributed by atoms with Gasteiger partial charge in [-0.25, -0.2) is 9.78 Å². The van der Waals surface area contributed by atoms with Gasteiger partial charge in [0, 0.05) is 19.9 Å². The predicted molar refractivity (Wildman–Crippen MR) is 60.8 cm³/mol. The van der Waals surface area contributed by atoms with Crippen molar-refractivity contribution in [1.29, 1.82) is 0 Å². The molecule has 0 fully saturated rings. The van der Waals surface area contributed by atoms with Crippen molar-refractivity contribution in [3.63, 3.8) is 0 Å². The molecule has 1 aromatic rings. The number of carbonyl (C=O) groups is 2. The summed E-state index contributed by atoms with van der Waals surface area (Å²) in [5.74, 6) is -0.982. The molecule has 1 amide bonds. The van der Waals surface area contributed by atoms with E-state index in [1.54, 1.807) is 6.92 Å². The Morgan fingerprint density at radius 3 is 2.69 bits per heavy atom. The van der Waals surface area contributed by atoms with Crippen LogP contribution in [0.2, 0.25) is 0 Å². The standard InChI is InChI=1S/C10H14N2O3S/c1-6-9(10(14)15)16-8(12-6)4-3-5-11-7(2)13/h3-5H2,1-2H3,(H,11,13)(H,14,15). The van der Waals surface area contributed by atoms with Gasteiger partial charge < -0.3 is 10.4 Å². The monoisotopic (exact) mass is 242 g/mol. The molecule has 0 aromatic carbocycles. The average Bonchev–Trinajstić information content (AvgIpc) is 2.54. The third-order valence-corrected chi connectivity index (χ3v) is 3.18. The van der Waals surface area contributed by atoms with Gasteiger partial charge in [0.05, 0.1) is 10.7 Å². The summed E-state index contributed by atoms with van der Waals surface area (Å²) in [6.45, 7) is 3.75. The Balaban J connectivity index is 2.46. The van der Waals surface area contributed by atoms with Crippen LogP contribution in [0.1, 0.15) is 33.7 Å². The van der Waals surface area contributed by atoms with Crippen molar-refractivity contribution in [3.05, 3.63) is 15.6 Å². The largest absolute Gasteiger partial charge is 0.477 e. The van der Waals surface area contributed by atoms with Crippen LogP contribution in [-0.2, 0) is 11.2 Å². The Bertz CT molecular complexity index is 401. The van der Waals surface area contributed by atoms with Crippen molar-refractivity contribution >= 4 is 23.2 Å². The summed E-state index contributed by atoms with van der Waals surface area (Å²) in [5, 5.41) is 12.3. The van der Waals surface area contributed by atoms with Gasteiger partial charge in [0.1, 0.15) is 4.88 Å². The van der Waals surface area contributed by atoms with Crippen molar-refractivity contribution in [2.75, 3.05) is 6.54 Å². The molecule has 16 heavy (non-hydrogen) atoms. The van der Waals surface area contributed by atoms with Crippen molar-refractivity contribution in [3.8, 4) is 0 Å². The van der Waals surface area contributed by atoms with Crippen molar-refractivity contribution < 1.29 is 14.7 Å². The third-order valence-electron chi connectivity index (χ3n) is 1.98. The number of carboxylic acid groups (broad SMARTS) is 1. The second-order valence-corrected chi connectivity index (χ2v) is 4.50. The Morgan fingerprint density at radius 2 is 2.19 bits per heavy atom. The summed E-state index contributed by atoms with van der Waals surface area (Å²) in [6.07, 6.45) is 1.46. The predicted octanol–water partition coefficient (Wildman–Crippen LogP) is 1.22. The zero-order chi connectivity index (χ0) is 12.1. The Kier molecular flexibility index (Phi) is 4.42. The molecule has 88 valence electrons. The summed E-state index contributed by atoms with van der Waals surface area (Å²) >= 11 is 1.20. The number of nitrogens with one attached hydrogen (secondary N) is 1. The van der Waals surface area contributed by atoms with Gasteiger partial charge in [0.2, 0.25) is 5.91 Å². The smallest absolute Gasteiger partial charge is 0.347 e. The number of thiazole rings is 1. The molecule has 1 aromatic heterocycles. The number of carbonyl (C=O) groups excluding carboxylic acids is 1. The summed E-state index contributed by atoms with van der Waals surface area (Å²) in [4.78, 5) is 25.8. The molecular formula is C10H14N2O3S. The molecule has 0 aliphatic rings. The number of nitrogens with zero attached hydrogens (tertiary/aromatic N) is 1. The van der Waals surface area contributed by atoms with Gasteiger partial charge in [-0.15, -0.1) is 11.3 Å². The average molecular weight is 242 g/mol. The lowest BCUT2D eigenvalue weighted by molar-refractivity contribution is -0.118. The molecule has 0 aliphatic carbocycles. The lowest BCUT2D eigenvalue weighted by Gasteiger charge is -1.99. The molecule has 2 N–H and O–H groups in total. The van der Waals surface area contributed by atoms with E-state index in [2.05, 4.69) is 10.3 Å². The molecule has 0 spiro atoms. The second kappa shape index (κ2) is 5.60. The summed E-state index contributed by atoms with van der Waals surface area (Å²) in [5.41, 5.74) is 0.562. The number of aryl methyl sites for hydroxylation is 2. The topological polar surface area (TPSA) is 79.3 Å². The fourth-order valence-electron chi connectivity index (χ4n) is 1.26. The zero-order valence-corrected chi connectivity index (χ0v) is 10.1. The molecule has 0 saturated carbocycles. The number of hydrogen-bond acceptors (Lipinski definition) is 4. The number of aromatic carboxylic acids is 1. The molecule has 1 heterocycles. The lowest BCUT2D eigenvalue weighted by atomic mass is 10.3. The van der Waals surface area contributed by atoms with Crippen LogP contribution in [0, 0.1) is 6.92 Å². The van der Waals surface area contributed by atoms with Crippen molar-refractivity contribution in [1.82, 2.24) is 10.3 Å². The molecule has 0 aliphatic heterocycles. The van der Waals surface area contributed by atoms with Crippen LogP contribution in [0.3, 0.4) is 0 Å². The first kappa shape index (κ1) is 12.6. The van der Waals surface area contributed by atoms with E-state index in [9.17, 15) is 9.59 Å². The van der Waals surface area contributed by atoms with Gasteiger partial charge >= 0.3 is 5.97 Å². The van der Waals surface area contributed by atoms with E-state index >= 15 is 0 Å². The van der Waals surface area contributed by atoms with Gasteiger partial charge in [0.25, 0.3) is 0 Å². The normalized spacial score (nSPS) is 10.1. The molecule has 1 rings (SSSR count). The van der Waals surface area contributed by atoms with Crippen LogP contribution in [0.25, 0.3) is 0 Å². The first-order chi connectivity index (χ1) is 7.50. The van der Waals surface area contributed by atoms with E-state index in [1.165, 1.54) is 18.3 Å². The molecule has 0 unspecified atom stereocenters. The van der Waals surface area contributed by atoms with E-state index < -0.39 is 5.97 Å². The highest BCUT2D eigenvalue weighted by Gasteiger charge is 2.13. The van der Waals surface area contributed by atoms with Crippen LogP contribution < -0.4 is 5.32 Å². The summed E-state index contributed by atoms with van der Waals surface area (Å²) < 4.78 is 0. The lowest BCUT2D eigenvalue weighted by Crippen LogP contribution is -2.21. The Morgan fingerprint density at radius 1 is 1.50 bits per heavy atom. The first-order valence-electron chi connectivity index (χ1n) is 4.94. The summed E-state index contributed by atoms with van der Waals surface area (Å²) in [6, 6.07) is 0. The Labute approximate surface area is 97.5 Å². The molecule has 0 atom stereocenters. The fraction of sp³-hybridized carbons (Fsp3) is 0.500. The Hall–Kier alpha value is -1.43. The van der Waals surface area contributed by atoms with Crippen molar-refractivity contribution in [2.24, 2.45) is 0 Å². The minimum absolute atomic E-state index is 0.0541. The minimum atomic E-state index is -0.928. The third kappa shape index (κ3) is 3.62. The quantitative estimate of drug-likeness (QED) is 0.761. The van der Waals surface area contributed by atoms with E-state index in [0.717, 1.165) is 11.4 Å². The van der Waals surface area contributed by atoms with E-state index in [1.807, 2.05) is 0 Å². The molecule has 6 heteroatoms. The highest BCUT2D eigenvalue weighted by Crippen LogP contribution is 2.18. The molecule has 0 saturated heterocycles. The van der Waals surface area contributed by atoms with Crippen molar-refractivity contribution in [2.45, 2.75) is 26.7 Å². The molecule has 0 bridgehead atoms. The first-order valence-corrected chi connectivity index (χ1v) is 5.76. The number of aromatic nitrogens is 1. The van der Waals surface area contributed by atoms with E-state index in [0.29, 0.717) is 23.5 Å². The van der Waals surface area contributed by atoms with Crippen LogP contribution in [0.4, 0.5) is 0 Å². The maximum Gasteiger partial charge on any atom is 0.347 e. The summed E-state index contributed by atoms with van der Waals surface area (Å²) in [7, 11) is 0. The SMILES string of the molecule is CC(=O)NCCCc1nc(C)c(C(=O)O)s1. The van der Waals surface area contributed by atoms with Gasteiger partial charge in [-0.05, 0) is 13.3 Å². The molecular weight excluding hydrogens is 228 g/mol. The van der Waals surface area contributed by atoms with Gasteiger partial charge in [-0.1, -0.05) is 0 Å². The van der Waals surface area contributed by atoms with E-state index in [4.69, 9.17) is 5.11 Å². The van der Waals surface area contributed by atoms with Gasteiger partial charge in [-0.2, -0.15) is 0 Å². The van der Waals surface area contributed by atoms with Crippen LogP contribution >= 0.6 is 11.3 Å². The van der Waals surface area contributed by atoms with Crippen LogP contribution in [0.15, 0.2) is 0 Å². The highest BCUT2D eigenvalue weighted by atomic mass is 32.1. The van der Waals surface area contributed by atoms with Crippen LogP contribution in [0.5, 0.6) is 0 Å². The zero-order valence-electron chi connectivity index (χ0n) is 9.24. The second-order valence-electron chi connectivity index (χ2n) is 3.41. The molecule has 0 radical (unpaired) electrons. The van der Waals surface area contributed by atoms with Gasteiger partial charge in [-0.3, -0.25) is 4.79 Å². The number of rotatable bonds is 5. The highest BCUT2D eigenvalue weighted by molar-refractivity contribution is 7.13. The maximum absolute atomic E-state index is 10.8. The number of carboxylic acids is 1. The maximum atomic E-state index is 10.8. The van der Waals surface area contributed by atoms with Crippen LogP contribution in [-0.4, -0.2) is 28.5 Å². The number of hydrogen-bond donors (Lipinski definition) is 2. The fourth-order valence-corrected chi connectivity index (χ4v) is 2.21.